The lowest BCUT2D eigenvalue weighted by atomic mass is 10.0. The zero-order valence-electron chi connectivity index (χ0n) is 9.05. The van der Waals surface area contributed by atoms with Crippen molar-refractivity contribution in [1.82, 2.24) is 4.98 Å². The molecular formula is C12H9ClN2O2. The summed E-state index contributed by atoms with van der Waals surface area (Å²) in [6, 6.07) is 10.8. The van der Waals surface area contributed by atoms with Gasteiger partial charge in [0.25, 0.3) is 0 Å². The van der Waals surface area contributed by atoms with Gasteiger partial charge in [-0.2, -0.15) is 0 Å². The molecule has 0 N–H and O–H groups in total. The number of benzene rings is 1. The highest BCUT2D eigenvalue weighted by Crippen LogP contribution is 2.34. The molecule has 0 unspecified atom stereocenters. The first-order chi connectivity index (χ1) is 8.09. The van der Waals surface area contributed by atoms with Gasteiger partial charge in [-0.3, -0.25) is 10.1 Å². The highest BCUT2D eigenvalue weighted by Gasteiger charge is 2.21. The molecule has 86 valence electrons. The summed E-state index contributed by atoms with van der Waals surface area (Å²) >= 11 is 5.83. The number of halogens is 1. The van der Waals surface area contributed by atoms with Crippen molar-refractivity contribution in [2.75, 3.05) is 0 Å². The second-order valence-corrected chi connectivity index (χ2v) is 3.93. The number of hydrogen-bond acceptors (Lipinski definition) is 3. The molecule has 1 aromatic carbocycles. The normalized spacial score (nSPS) is 10.2. The van der Waals surface area contributed by atoms with Crippen LogP contribution in [0.25, 0.3) is 11.1 Å². The number of rotatable bonds is 2. The molecule has 0 radical (unpaired) electrons. The van der Waals surface area contributed by atoms with Crippen molar-refractivity contribution >= 4 is 17.3 Å². The summed E-state index contributed by atoms with van der Waals surface area (Å²) in [5.74, 6) is 0. The van der Waals surface area contributed by atoms with E-state index in [0.29, 0.717) is 11.3 Å². The third kappa shape index (κ3) is 2.26. The van der Waals surface area contributed by atoms with E-state index < -0.39 is 4.92 Å². The molecule has 1 heterocycles. The summed E-state index contributed by atoms with van der Waals surface area (Å²) in [4.78, 5) is 14.4. The van der Waals surface area contributed by atoms with Crippen LogP contribution in [0.2, 0.25) is 5.15 Å². The first-order valence-electron chi connectivity index (χ1n) is 4.96. The van der Waals surface area contributed by atoms with E-state index in [1.807, 2.05) is 18.2 Å². The smallest absolute Gasteiger partial charge is 0.258 e. The Hall–Kier alpha value is -1.94. The standard InChI is InChI=1S/C12H9ClN2O2/c1-8-7-10(9-5-3-2-4-6-9)11(15(16)17)12(13)14-8/h2-7H,1H3. The molecule has 0 amide bonds. The molecule has 1 aromatic heterocycles. The summed E-state index contributed by atoms with van der Waals surface area (Å²) in [5.41, 5.74) is 1.75. The molecule has 4 nitrogen and oxygen atoms in total. The van der Waals surface area contributed by atoms with Crippen molar-refractivity contribution in [2.24, 2.45) is 0 Å². The van der Waals surface area contributed by atoms with Gasteiger partial charge in [0.05, 0.1) is 10.5 Å². The minimum atomic E-state index is -0.503. The SMILES string of the molecule is Cc1cc(-c2ccccc2)c([N+](=O)[O-])c(Cl)n1. The maximum Gasteiger partial charge on any atom is 0.314 e. The van der Waals surface area contributed by atoms with Crippen LogP contribution < -0.4 is 0 Å². The van der Waals surface area contributed by atoms with Crippen LogP contribution in [0, 0.1) is 17.0 Å². The predicted octanol–water partition coefficient (Wildman–Crippen LogP) is 3.62. The second-order valence-electron chi connectivity index (χ2n) is 3.57. The van der Waals surface area contributed by atoms with Gasteiger partial charge in [-0.1, -0.05) is 41.9 Å². The Morgan fingerprint density at radius 1 is 1.29 bits per heavy atom. The van der Waals surface area contributed by atoms with Gasteiger partial charge < -0.3 is 0 Å². The topological polar surface area (TPSA) is 56.0 Å². The number of aromatic nitrogens is 1. The minimum Gasteiger partial charge on any atom is -0.258 e. The molecule has 0 spiro atoms. The van der Waals surface area contributed by atoms with E-state index in [9.17, 15) is 10.1 Å². The quantitative estimate of drug-likeness (QED) is 0.463. The lowest BCUT2D eigenvalue weighted by Crippen LogP contribution is -1.96. The lowest BCUT2D eigenvalue weighted by Gasteiger charge is -2.05. The molecule has 17 heavy (non-hydrogen) atoms. The Bertz CT molecular complexity index is 570. The molecule has 5 heteroatoms. The van der Waals surface area contributed by atoms with E-state index in [1.165, 1.54) is 0 Å². The van der Waals surface area contributed by atoms with E-state index >= 15 is 0 Å². The van der Waals surface area contributed by atoms with Crippen molar-refractivity contribution in [2.45, 2.75) is 6.92 Å². The van der Waals surface area contributed by atoms with Gasteiger partial charge in [0.1, 0.15) is 0 Å². The van der Waals surface area contributed by atoms with Crippen LogP contribution in [0.15, 0.2) is 36.4 Å². The zero-order valence-corrected chi connectivity index (χ0v) is 9.81. The van der Waals surface area contributed by atoms with Gasteiger partial charge in [0.15, 0.2) is 0 Å². The van der Waals surface area contributed by atoms with Crippen molar-refractivity contribution in [3.8, 4) is 11.1 Å². The predicted molar refractivity (Wildman–Crippen MR) is 66.1 cm³/mol. The molecule has 0 atom stereocenters. The highest BCUT2D eigenvalue weighted by atomic mass is 35.5. The Morgan fingerprint density at radius 2 is 1.94 bits per heavy atom. The molecule has 0 fully saturated rings. The van der Waals surface area contributed by atoms with Crippen LogP contribution in [-0.4, -0.2) is 9.91 Å². The number of nitrogens with zero attached hydrogens (tertiary/aromatic N) is 2. The molecule has 0 saturated heterocycles. The van der Waals surface area contributed by atoms with E-state index in [4.69, 9.17) is 11.6 Å². The third-order valence-electron chi connectivity index (χ3n) is 2.35. The maximum atomic E-state index is 11.0. The first-order valence-corrected chi connectivity index (χ1v) is 5.34. The van der Waals surface area contributed by atoms with Gasteiger partial charge in [-0.15, -0.1) is 0 Å². The van der Waals surface area contributed by atoms with Gasteiger partial charge in [-0.05, 0) is 18.6 Å². The summed E-state index contributed by atoms with van der Waals surface area (Å²) < 4.78 is 0. The van der Waals surface area contributed by atoms with Crippen molar-refractivity contribution in [3.63, 3.8) is 0 Å². The average molecular weight is 249 g/mol. The number of hydrogen-bond donors (Lipinski definition) is 0. The fraction of sp³-hybridized carbons (Fsp3) is 0.0833. The molecule has 2 rings (SSSR count). The zero-order chi connectivity index (χ0) is 12.4. The largest absolute Gasteiger partial charge is 0.314 e. The van der Waals surface area contributed by atoms with Crippen LogP contribution in [0.4, 0.5) is 5.69 Å². The molecular weight excluding hydrogens is 240 g/mol. The summed E-state index contributed by atoms with van der Waals surface area (Å²) in [7, 11) is 0. The fourth-order valence-electron chi connectivity index (χ4n) is 1.64. The summed E-state index contributed by atoms with van der Waals surface area (Å²) in [5, 5.41) is 10.9. The Morgan fingerprint density at radius 3 is 2.53 bits per heavy atom. The lowest BCUT2D eigenvalue weighted by molar-refractivity contribution is -0.384. The minimum absolute atomic E-state index is 0.0751. The van der Waals surface area contributed by atoms with E-state index in [0.717, 1.165) is 5.56 Å². The van der Waals surface area contributed by atoms with Gasteiger partial charge in [0.2, 0.25) is 5.15 Å². The van der Waals surface area contributed by atoms with Crippen LogP contribution >= 0.6 is 11.6 Å². The maximum absolute atomic E-state index is 11.0. The van der Waals surface area contributed by atoms with E-state index in [-0.39, 0.29) is 10.8 Å². The highest BCUT2D eigenvalue weighted by molar-refractivity contribution is 6.32. The number of pyridine rings is 1. The summed E-state index contributed by atoms with van der Waals surface area (Å²) in [6.45, 7) is 1.75. The van der Waals surface area contributed by atoms with Crippen LogP contribution in [0.1, 0.15) is 5.69 Å². The Kier molecular flexibility index (Phi) is 3.06. The van der Waals surface area contributed by atoms with Crippen LogP contribution in [-0.2, 0) is 0 Å². The second kappa shape index (κ2) is 4.51. The van der Waals surface area contributed by atoms with Crippen LogP contribution in [0.3, 0.4) is 0 Å². The number of nitro groups is 1. The Balaban J connectivity index is 2.72. The van der Waals surface area contributed by atoms with E-state index in [1.54, 1.807) is 25.1 Å². The summed E-state index contributed by atoms with van der Waals surface area (Å²) in [6.07, 6.45) is 0. The third-order valence-corrected chi connectivity index (χ3v) is 2.61. The van der Waals surface area contributed by atoms with Crippen molar-refractivity contribution in [1.29, 1.82) is 0 Å². The molecule has 0 aliphatic rings. The molecule has 0 bridgehead atoms. The van der Waals surface area contributed by atoms with Crippen molar-refractivity contribution in [3.05, 3.63) is 57.4 Å². The molecule has 0 aliphatic heterocycles. The first kappa shape index (κ1) is 11.5. The van der Waals surface area contributed by atoms with Gasteiger partial charge in [0, 0.05) is 5.69 Å². The molecule has 0 aliphatic carbocycles. The Labute approximate surface area is 103 Å². The average Bonchev–Trinajstić information content (AvgIpc) is 2.28. The number of aryl methyl sites for hydroxylation is 1. The van der Waals surface area contributed by atoms with Crippen LogP contribution in [0.5, 0.6) is 0 Å². The van der Waals surface area contributed by atoms with Crippen molar-refractivity contribution < 1.29 is 4.92 Å². The van der Waals surface area contributed by atoms with E-state index in [2.05, 4.69) is 4.98 Å². The fourth-order valence-corrected chi connectivity index (χ4v) is 1.94. The van der Waals surface area contributed by atoms with Gasteiger partial charge in [-0.25, -0.2) is 4.98 Å². The molecule has 0 saturated carbocycles. The monoisotopic (exact) mass is 248 g/mol. The molecule has 2 aromatic rings. The van der Waals surface area contributed by atoms with Gasteiger partial charge >= 0.3 is 5.69 Å².